The minimum atomic E-state index is -2.28. The molecule has 2 aliphatic rings. The molecule has 0 aromatic carbocycles. The van der Waals surface area contributed by atoms with Crippen LogP contribution in [0, 0.1) is 11.8 Å². The molecule has 10 atom stereocenters. The van der Waals surface area contributed by atoms with E-state index in [4.69, 9.17) is 23.1 Å². The number of ether oxygens (including phenoxy) is 3. The van der Waals surface area contributed by atoms with E-state index in [0.29, 0.717) is 12.8 Å². The van der Waals surface area contributed by atoms with Gasteiger partial charge in [-0.15, -0.1) is 0 Å². The van der Waals surface area contributed by atoms with Gasteiger partial charge in [0.2, 0.25) is 0 Å². The zero-order valence-electron chi connectivity index (χ0n) is 36.3. The Hall–Kier alpha value is -1.61. The number of hydrogen-bond donors (Lipinski definition) is 2. The van der Waals surface area contributed by atoms with Gasteiger partial charge in [0.1, 0.15) is 17.8 Å². The number of cyclic esters (lactones) is 1. The molecule has 306 valence electrons. The molecule has 0 aromatic heterocycles. The van der Waals surface area contributed by atoms with Crippen LogP contribution in [0.5, 0.6) is 0 Å². The van der Waals surface area contributed by atoms with Crippen molar-refractivity contribution in [3.8, 4) is 0 Å². The van der Waals surface area contributed by atoms with Gasteiger partial charge in [-0.3, -0.25) is 9.59 Å². The van der Waals surface area contributed by atoms with Crippen LogP contribution < -0.4 is 0 Å². The number of allylic oxidation sites excluding steroid dienone is 2. The molecule has 0 spiro atoms. The number of carbonyl (C=O) groups is 2. The highest BCUT2D eigenvalue weighted by atomic mass is 28.4. The van der Waals surface area contributed by atoms with Crippen molar-refractivity contribution in [3.63, 3.8) is 0 Å². The fourth-order valence-electron chi connectivity index (χ4n) is 6.40. The van der Waals surface area contributed by atoms with Crippen molar-refractivity contribution >= 4 is 28.6 Å². The average molecular weight is 781 g/mol. The van der Waals surface area contributed by atoms with E-state index >= 15 is 0 Å². The van der Waals surface area contributed by atoms with Crippen molar-refractivity contribution in [3.05, 3.63) is 36.0 Å². The highest BCUT2D eigenvalue weighted by Crippen LogP contribution is 2.43. The zero-order chi connectivity index (χ0) is 41.0. The lowest BCUT2D eigenvalue weighted by Crippen LogP contribution is -2.46. The molecule has 0 radical (unpaired) electrons. The number of aliphatic hydroxyl groups is 2. The number of carbonyl (C=O) groups excluding carboxylic acids is 2. The quantitative estimate of drug-likeness (QED) is 0.0619. The van der Waals surface area contributed by atoms with Crippen LogP contribution in [0.4, 0.5) is 0 Å². The Bertz CT molecular complexity index is 1320. The van der Waals surface area contributed by atoms with E-state index in [-0.39, 0.29) is 59.0 Å². The summed E-state index contributed by atoms with van der Waals surface area (Å²) in [6, 6.07) is 0. The first-order chi connectivity index (χ1) is 23.9. The Kier molecular flexibility index (Phi) is 16.2. The maximum Gasteiger partial charge on any atom is 0.308 e. The Morgan fingerprint density at radius 1 is 1.06 bits per heavy atom. The Balaban J connectivity index is 2.28. The second-order valence-corrected chi connectivity index (χ2v) is 29.0. The van der Waals surface area contributed by atoms with E-state index in [0.717, 1.165) is 12.0 Å². The van der Waals surface area contributed by atoms with Crippen molar-refractivity contribution in [1.29, 1.82) is 0 Å². The summed E-state index contributed by atoms with van der Waals surface area (Å²) < 4.78 is 31.3. The third-order valence-electron chi connectivity index (χ3n) is 12.1. The summed E-state index contributed by atoms with van der Waals surface area (Å²) in [5.41, 5.74) is -1.73. The van der Waals surface area contributed by atoms with Crippen LogP contribution in [0.1, 0.15) is 122 Å². The van der Waals surface area contributed by atoms with Crippen LogP contribution in [-0.4, -0.2) is 86.6 Å². The molecular weight excluding hydrogens is 705 g/mol. The number of epoxide rings is 1. The van der Waals surface area contributed by atoms with Gasteiger partial charge in [-0.05, 0) is 87.9 Å². The van der Waals surface area contributed by atoms with Crippen LogP contribution in [0.15, 0.2) is 36.0 Å². The summed E-state index contributed by atoms with van der Waals surface area (Å²) in [5.74, 6) is -0.984. The Morgan fingerprint density at radius 3 is 2.17 bits per heavy atom. The predicted octanol–water partition coefficient (Wildman–Crippen LogP) is 9.20. The molecule has 11 heteroatoms. The van der Waals surface area contributed by atoms with Gasteiger partial charge < -0.3 is 33.3 Å². The standard InChI is InChI=1S/C42H76O9Si2/c1-18-33(51-53(16,17)40(9,10)11)30(4)38-34(48-38)27-41(12,45)24-19-20-28(2)37-29(3)21-22-35(47-31(5)43)42(13,46)25-23-32(26-36(44)49-37)50-52(14,15)39(6,7)8/h19-22,24,29-30,32-35,37-38,45-46H,18,23,25-27H2,1-17H3/b22-21?,24-19+,28-20+/t29?,30-,32?,33+,34-,35?,37?,38-,41+,42?/m1/s1. The molecule has 2 N–H and O–H groups in total. The van der Waals surface area contributed by atoms with E-state index in [2.05, 4.69) is 81.6 Å². The molecule has 2 aliphatic heterocycles. The van der Waals surface area contributed by atoms with E-state index < -0.39 is 52.1 Å². The minimum absolute atomic E-state index is 0.0335. The van der Waals surface area contributed by atoms with Crippen LogP contribution in [0.3, 0.4) is 0 Å². The van der Waals surface area contributed by atoms with Crippen LogP contribution in [0.25, 0.3) is 0 Å². The molecule has 9 nitrogen and oxygen atoms in total. The summed E-state index contributed by atoms with van der Waals surface area (Å²) >= 11 is 0. The Labute approximate surface area is 324 Å². The summed E-state index contributed by atoms with van der Waals surface area (Å²) in [4.78, 5) is 25.6. The van der Waals surface area contributed by atoms with Crippen molar-refractivity contribution in [2.45, 2.75) is 206 Å². The monoisotopic (exact) mass is 781 g/mol. The molecule has 0 aliphatic carbocycles. The number of rotatable bonds is 13. The minimum Gasteiger partial charge on any atom is -0.457 e. The van der Waals surface area contributed by atoms with Gasteiger partial charge in [-0.2, -0.15) is 0 Å². The second-order valence-electron chi connectivity index (χ2n) is 19.4. The van der Waals surface area contributed by atoms with Gasteiger partial charge in [-0.1, -0.05) is 86.6 Å². The zero-order valence-corrected chi connectivity index (χ0v) is 38.3. The topological polar surface area (TPSA) is 124 Å². The number of hydrogen-bond acceptors (Lipinski definition) is 9. The van der Waals surface area contributed by atoms with Gasteiger partial charge in [-0.25, -0.2) is 0 Å². The second kappa shape index (κ2) is 18.1. The van der Waals surface area contributed by atoms with E-state index in [9.17, 15) is 19.8 Å². The largest absolute Gasteiger partial charge is 0.457 e. The van der Waals surface area contributed by atoms with Gasteiger partial charge in [0.15, 0.2) is 16.6 Å². The molecular formula is C42H76O9Si2. The lowest BCUT2D eigenvalue weighted by molar-refractivity contribution is -0.157. The van der Waals surface area contributed by atoms with Gasteiger partial charge >= 0.3 is 11.9 Å². The molecule has 0 saturated carbocycles. The molecule has 53 heavy (non-hydrogen) atoms. The first-order valence-electron chi connectivity index (χ1n) is 19.8. The molecule has 1 fully saturated rings. The lowest BCUT2D eigenvalue weighted by atomic mass is 9.88. The molecule has 0 bridgehead atoms. The third-order valence-corrected chi connectivity index (χ3v) is 21.2. The van der Waals surface area contributed by atoms with Crippen molar-refractivity contribution in [2.24, 2.45) is 11.8 Å². The van der Waals surface area contributed by atoms with E-state index in [1.54, 1.807) is 26.0 Å². The van der Waals surface area contributed by atoms with Crippen molar-refractivity contribution < 1.29 is 42.9 Å². The fraction of sp³-hybridized carbons (Fsp3) is 0.810. The first-order valence-corrected chi connectivity index (χ1v) is 25.6. The summed E-state index contributed by atoms with van der Waals surface area (Å²) in [5, 5.41) is 23.0. The van der Waals surface area contributed by atoms with Crippen LogP contribution >= 0.6 is 0 Å². The van der Waals surface area contributed by atoms with E-state index in [1.807, 2.05) is 32.1 Å². The molecule has 2 rings (SSSR count). The lowest BCUT2D eigenvalue weighted by Gasteiger charge is -2.40. The summed E-state index contributed by atoms with van der Waals surface area (Å²) in [6.45, 7) is 35.0. The normalized spacial score (nSPS) is 30.8. The number of esters is 2. The van der Waals surface area contributed by atoms with Gasteiger partial charge in [0.25, 0.3) is 0 Å². The summed E-state index contributed by atoms with van der Waals surface area (Å²) in [6.07, 6.45) is 9.05. The van der Waals surface area contributed by atoms with Gasteiger partial charge in [0, 0.05) is 31.3 Å². The highest BCUT2D eigenvalue weighted by Gasteiger charge is 2.50. The fourth-order valence-corrected chi connectivity index (χ4v) is 9.28. The average Bonchev–Trinajstić information content (AvgIpc) is 3.74. The van der Waals surface area contributed by atoms with Crippen LogP contribution in [-0.2, 0) is 32.7 Å². The molecule has 2 heterocycles. The smallest absolute Gasteiger partial charge is 0.308 e. The molecule has 5 unspecified atom stereocenters. The predicted molar refractivity (Wildman–Crippen MR) is 219 cm³/mol. The molecule has 0 amide bonds. The van der Waals surface area contributed by atoms with Crippen LogP contribution in [0.2, 0.25) is 36.3 Å². The maximum atomic E-state index is 13.6. The van der Waals surface area contributed by atoms with E-state index in [1.165, 1.54) is 6.92 Å². The van der Waals surface area contributed by atoms with Gasteiger partial charge in [0.05, 0.1) is 30.3 Å². The summed E-state index contributed by atoms with van der Waals surface area (Å²) in [7, 11) is -4.22. The van der Waals surface area contributed by atoms with Crippen molar-refractivity contribution in [1.82, 2.24) is 0 Å². The SMILES string of the molecule is CC[C@H](O[Si](C)(C)C(C)(C)C)[C@@H](C)[C@H]1O[C@@H]1C[C@@](C)(O)/C=C/C=C(\C)C1OC(=O)CC(O[Si](C)(C)C(C)(C)C)CCC(C)(O)C(OC(C)=O)C=CC1C. The highest BCUT2D eigenvalue weighted by molar-refractivity contribution is 6.74. The maximum absolute atomic E-state index is 13.6. The molecule has 1 saturated heterocycles. The van der Waals surface area contributed by atoms with Crippen molar-refractivity contribution in [2.75, 3.05) is 0 Å². The third kappa shape index (κ3) is 14.1. The Morgan fingerprint density at radius 2 is 1.64 bits per heavy atom. The first kappa shape index (κ1) is 47.5. The molecule has 0 aromatic rings.